The van der Waals surface area contributed by atoms with Crippen LogP contribution in [-0.2, 0) is 6.54 Å². The Morgan fingerprint density at radius 2 is 1.55 bits per heavy atom. The molecule has 0 bridgehead atoms. The number of hydrogen-bond acceptors (Lipinski definition) is 4. The number of unbranched alkanes of at least 4 members (excludes halogenated alkanes) is 2. The van der Waals surface area contributed by atoms with Gasteiger partial charge in [-0.1, -0.05) is 19.8 Å². The summed E-state index contributed by atoms with van der Waals surface area (Å²) in [5.41, 5.74) is 1.13. The third-order valence-corrected chi connectivity index (χ3v) is 3.01. The fourth-order valence-corrected chi connectivity index (χ4v) is 1.97. The fraction of sp³-hybridized carbons (Fsp3) is 0.600. The highest BCUT2D eigenvalue weighted by Crippen LogP contribution is 2.38. The number of halogens is 1. The maximum Gasteiger partial charge on any atom is 0.203 e. The lowest BCUT2D eigenvalue weighted by atomic mass is 10.1. The Labute approximate surface area is 128 Å². The topological polar surface area (TPSA) is 39.7 Å². The van der Waals surface area contributed by atoms with Gasteiger partial charge in [0.15, 0.2) is 11.5 Å². The summed E-state index contributed by atoms with van der Waals surface area (Å²) in [6.07, 6.45) is 3.72. The van der Waals surface area contributed by atoms with E-state index in [0.29, 0.717) is 17.2 Å². The first kappa shape index (κ1) is 18.9. The summed E-state index contributed by atoms with van der Waals surface area (Å²) in [7, 11) is 4.88. The van der Waals surface area contributed by atoms with Gasteiger partial charge in [-0.2, -0.15) is 0 Å². The molecule has 0 saturated carbocycles. The van der Waals surface area contributed by atoms with E-state index in [1.807, 2.05) is 12.1 Å². The Bertz CT molecular complexity index is 360. The van der Waals surface area contributed by atoms with Crippen LogP contribution in [0.1, 0.15) is 31.7 Å². The van der Waals surface area contributed by atoms with Crippen molar-refractivity contribution < 1.29 is 14.2 Å². The number of benzene rings is 1. The van der Waals surface area contributed by atoms with E-state index in [4.69, 9.17) is 14.2 Å². The van der Waals surface area contributed by atoms with Gasteiger partial charge in [0.05, 0.1) is 21.3 Å². The van der Waals surface area contributed by atoms with Crippen LogP contribution in [0.3, 0.4) is 0 Å². The predicted molar refractivity (Wildman–Crippen MR) is 84.6 cm³/mol. The lowest BCUT2D eigenvalue weighted by molar-refractivity contribution is 0.323. The van der Waals surface area contributed by atoms with Gasteiger partial charge in [0.1, 0.15) is 0 Å². The first-order chi connectivity index (χ1) is 9.26. The fourth-order valence-electron chi connectivity index (χ4n) is 1.97. The highest BCUT2D eigenvalue weighted by Gasteiger charge is 2.12. The third-order valence-electron chi connectivity index (χ3n) is 3.01. The molecule has 0 aromatic heterocycles. The van der Waals surface area contributed by atoms with Gasteiger partial charge in [0.2, 0.25) is 5.75 Å². The first-order valence-electron chi connectivity index (χ1n) is 6.76. The van der Waals surface area contributed by atoms with Gasteiger partial charge in [-0.25, -0.2) is 0 Å². The van der Waals surface area contributed by atoms with E-state index >= 15 is 0 Å². The highest BCUT2D eigenvalue weighted by molar-refractivity contribution is 5.85. The monoisotopic (exact) mass is 303 g/mol. The van der Waals surface area contributed by atoms with Gasteiger partial charge in [-0.15, -0.1) is 12.4 Å². The summed E-state index contributed by atoms with van der Waals surface area (Å²) >= 11 is 0. The molecule has 20 heavy (non-hydrogen) atoms. The molecule has 0 heterocycles. The van der Waals surface area contributed by atoms with Crippen LogP contribution >= 0.6 is 12.4 Å². The van der Waals surface area contributed by atoms with Gasteiger partial charge in [0.25, 0.3) is 0 Å². The molecule has 4 nitrogen and oxygen atoms in total. The van der Waals surface area contributed by atoms with Crippen LogP contribution < -0.4 is 19.5 Å². The van der Waals surface area contributed by atoms with E-state index in [-0.39, 0.29) is 12.4 Å². The van der Waals surface area contributed by atoms with Crippen LogP contribution in [0.15, 0.2) is 12.1 Å². The second kappa shape index (κ2) is 10.6. The Morgan fingerprint density at radius 3 is 2.00 bits per heavy atom. The maximum atomic E-state index is 5.33. The number of methoxy groups -OCH3 is 3. The van der Waals surface area contributed by atoms with Crippen molar-refractivity contribution in [3.63, 3.8) is 0 Å². The predicted octanol–water partition coefficient (Wildman–Crippen LogP) is 3.41. The molecule has 0 amide bonds. The third kappa shape index (κ3) is 5.47. The minimum Gasteiger partial charge on any atom is -0.493 e. The van der Waals surface area contributed by atoms with Crippen molar-refractivity contribution >= 4 is 12.4 Å². The molecule has 1 aromatic carbocycles. The minimum atomic E-state index is 0. The molecule has 1 aromatic rings. The highest BCUT2D eigenvalue weighted by atomic mass is 35.5. The molecular formula is C15H26ClNO3. The van der Waals surface area contributed by atoms with E-state index in [2.05, 4.69) is 12.2 Å². The summed E-state index contributed by atoms with van der Waals surface area (Å²) in [6.45, 7) is 4.05. The normalized spacial score (nSPS) is 9.80. The van der Waals surface area contributed by atoms with Crippen LogP contribution in [0, 0.1) is 0 Å². The van der Waals surface area contributed by atoms with Crippen molar-refractivity contribution in [3.05, 3.63) is 17.7 Å². The minimum absolute atomic E-state index is 0. The molecule has 0 spiro atoms. The smallest absolute Gasteiger partial charge is 0.203 e. The summed E-state index contributed by atoms with van der Waals surface area (Å²) in [5, 5.41) is 3.42. The van der Waals surface area contributed by atoms with Crippen LogP contribution in [0.25, 0.3) is 0 Å². The SMILES string of the molecule is CCCCCNCc1cc(OC)c(OC)c(OC)c1.Cl. The molecule has 0 saturated heterocycles. The molecule has 0 aliphatic heterocycles. The van der Waals surface area contributed by atoms with E-state index in [9.17, 15) is 0 Å². The van der Waals surface area contributed by atoms with E-state index < -0.39 is 0 Å². The zero-order valence-corrected chi connectivity index (χ0v) is 13.6. The molecule has 116 valence electrons. The molecular weight excluding hydrogens is 278 g/mol. The average molecular weight is 304 g/mol. The molecule has 0 fully saturated rings. The van der Waals surface area contributed by atoms with Crippen LogP contribution in [0.2, 0.25) is 0 Å². The van der Waals surface area contributed by atoms with Crippen molar-refractivity contribution in [3.8, 4) is 17.2 Å². The molecule has 0 aliphatic carbocycles. The van der Waals surface area contributed by atoms with Crippen molar-refractivity contribution in [2.24, 2.45) is 0 Å². The quantitative estimate of drug-likeness (QED) is 0.710. The van der Waals surface area contributed by atoms with Crippen LogP contribution in [-0.4, -0.2) is 27.9 Å². The molecule has 0 aliphatic rings. The maximum absolute atomic E-state index is 5.33. The Morgan fingerprint density at radius 1 is 0.950 bits per heavy atom. The van der Waals surface area contributed by atoms with Crippen LogP contribution in [0.5, 0.6) is 17.2 Å². The zero-order valence-electron chi connectivity index (χ0n) is 12.8. The summed E-state index contributed by atoms with van der Waals surface area (Å²) < 4.78 is 16.0. The van der Waals surface area contributed by atoms with Gasteiger partial charge < -0.3 is 19.5 Å². The Balaban J connectivity index is 0.00000361. The van der Waals surface area contributed by atoms with Gasteiger partial charge in [-0.3, -0.25) is 0 Å². The molecule has 5 heteroatoms. The largest absolute Gasteiger partial charge is 0.493 e. The summed E-state index contributed by atoms with van der Waals surface area (Å²) in [5.74, 6) is 2.04. The molecule has 1 N–H and O–H groups in total. The second-order valence-electron chi connectivity index (χ2n) is 4.42. The van der Waals surface area contributed by atoms with E-state index in [1.165, 1.54) is 19.3 Å². The Hall–Kier alpha value is -1.13. The lowest BCUT2D eigenvalue weighted by Crippen LogP contribution is -2.14. The van der Waals surface area contributed by atoms with Crippen molar-refractivity contribution in [1.82, 2.24) is 5.32 Å². The van der Waals surface area contributed by atoms with Gasteiger partial charge >= 0.3 is 0 Å². The number of rotatable bonds is 9. The second-order valence-corrected chi connectivity index (χ2v) is 4.42. The average Bonchev–Trinajstić information content (AvgIpc) is 2.45. The van der Waals surface area contributed by atoms with Crippen LogP contribution in [0.4, 0.5) is 0 Å². The van der Waals surface area contributed by atoms with Crippen molar-refractivity contribution in [2.75, 3.05) is 27.9 Å². The molecule has 0 atom stereocenters. The number of hydrogen-bond donors (Lipinski definition) is 1. The Kier molecular flexibility index (Phi) is 10.0. The van der Waals surface area contributed by atoms with Gasteiger partial charge in [0, 0.05) is 6.54 Å². The molecule has 0 radical (unpaired) electrons. The summed E-state index contributed by atoms with van der Waals surface area (Å²) in [4.78, 5) is 0. The van der Waals surface area contributed by atoms with Crippen molar-refractivity contribution in [2.45, 2.75) is 32.7 Å². The molecule has 0 unspecified atom stereocenters. The number of nitrogens with one attached hydrogen (secondary N) is 1. The first-order valence-corrected chi connectivity index (χ1v) is 6.76. The molecule has 1 rings (SSSR count). The van der Waals surface area contributed by atoms with E-state index in [0.717, 1.165) is 18.7 Å². The lowest BCUT2D eigenvalue weighted by Gasteiger charge is -2.14. The summed E-state index contributed by atoms with van der Waals surface area (Å²) in [6, 6.07) is 3.96. The van der Waals surface area contributed by atoms with Gasteiger partial charge in [-0.05, 0) is 30.7 Å². The zero-order chi connectivity index (χ0) is 14.1. The number of ether oxygens (including phenoxy) is 3. The standard InChI is InChI=1S/C15H25NO3.ClH/c1-5-6-7-8-16-11-12-9-13(17-2)15(19-4)14(10-12)18-3;/h9-10,16H,5-8,11H2,1-4H3;1H. The van der Waals surface area contributed by atoms with E-state index in [1.54, 1.807) is 21.3 Å². The van der Waals surface area contributed by atoms with Crippen molar-refractivity contribution in [1.29, 1.82) is 0 Å².